The van der Waals surface area contributed by atoms with Gasteiger partial charge in [-0.05, 0) is 26.0 Å². The van der Waals surface area contributed by atoms with Crippen LogP contribution < -0.4 is 10.1 Å². The molecular weight excluding hydrogens is 370 g/mol. The first kappa shape index (κ1) is 18.6. The molecule has 0 aliphatic carbocycles. The highest BCUT2D eigenvalue weighted by atomic mass is 32.1. The lowest BCUT2D eigenvalue weighted by Crippen LogP contribution is -2.13. The summed E-state index contributed by atoms with van der Waals surface area (Å²) in [7, 11) is 2.81. The van der Waals surface area contributed by atoms with E-state index in [9.17, 15) is 9.59 Å². The summed E-state index contributed by atoms with van der Waals surface area (Å²) in [6.45, 7) is 3.32. The summed E-state index contributed by atoms with van der Waals surface area (Å²) >= 11 is 1.15. The third kappa shape index (κ3) is 3.54. The van der Waals surface area contributed by atoms with Gasteiger partial charge in [0.25, 0.3) is 5.91 Å². The van der Waals surface area contributed by atoms with Gasteiger partial charge in [-0.3, -0.25) is 10.1 Å². The number of nitrogens with zero attached hydrogens (tertiary/aromatic N) is 2. The van der Waals surface area contributed by atoms with Crippen LogP contribution in [0.15, 0.2) is 28.8 Å². The molecule has 1 aromatic carbocycles. The zero-order valence-electron chi connectivity index (χ0n) is 15.2. The largest absolute Gasteiger partial charge is 0.496 e. The van der Waals surface area contributed by atoms with Gasteiger partial charge in [-0.1, -0.05) is 28.6 Å². The number of esters is 1. The van der Waals surface area contributed by atoms with Gasteiger partial charge in [0.05, 0.1) is 24.8 Å². The van der Waals surface area contributed by atoms with Gasteiger partial charge < -0.3 is 14.0 Å². The first-order valence-electron chi connectivity index (χ1n) is 7.93. The van der Waals surface area contributed by atoms with E-state index in [1.54, 1.807) is 26.0 Å². The Bertz CT molecular complexity index is 989. The van der Waals surface area contributed by atoms with Crippen molar-refractivity contribution in [2.45, 2.75) is 13.8 Å². The number of thiazole rings is 1. The van der Waals surface area contributed by atoms with E-state index in [0.717, 1.165) is 11.3 Å². The van der Waals surface area contributed by atoms with E-state index in [2.05, 4.69) is 15.5 Å². The molecule has 0 bridgehead atoms. The van der Waals surface area contributed by atoms with Crippen molar-refractivity contribution in [1.29, 1.82) is 0 Å². The third-order valence-corrected chi connectivity index (χ3v) is 4.84. The Morgan fingerprint density at radius 3 is 2.56 bits per heavy atom. The second kappa shape index (κ2) is 7.58. The van der Waals surface area contributed by atoms with E-state index < -0.39 is 11.9 Å². The highest BCUT2D eigenvalue weighted by molar-refractivity contribution is 7.19. The fourth-order valence-electron chi connectivity index (χ4n) is 2.59. The number of benzene rings is 1. The highest BCUT2D eigenvalue weighted by Gasteiger charge is 2.25. The quantitative estimate of drug-likeness (QED) is 0.669. The maximum atomic E-state index is 12.6. The lowest BCUT2D eigenvalue weighted by molar-refractivity contribution is 0.0595. The Balaban J connectivity index is 2.02. The number of amides is 1. The van der Waals surface area contributed by atoms with Crippen LogP contribution >= 0.6 is 11.3 Å². The van der Waals surface area contributed by atoms with Crippen LogP contribution in [0.4, 0.5) is 5.13 Å². The minimum absolute atomic E-state index is 0.0982. The molecule has 2 aromatic heterocycles. The number of hydrogen-bond donors (Lipinski definition) is 1. The predicted molar refractivity (Wildman–Crippen MR) is 99.4 cm³/mol. The van der Waals surface area contributed by atoms with Crippen LogP contribution in [0.1, 0.15) is 32.3 Å². The predicted octanol–water partition coefficient (Wildman–Crippen LogP) is 3.46. The van der Waals surface area contributed by atoms with Crippen molar-refractivity contribution in [3.05, 3.63) is 47.0 Å². The molecule has 3 aromatic rings. The van der Waals surface area contributed by atoms with Gasteiger partial charge in [-0.2, -0.15) is 0 Å². The van der Waals surface area contributed by atoms with E-state index >= 15 is 0 Å². The molecule has 2 heterocycles. The summed E-state index contributed by atoms with van der Waals surface area (Å²) in [5.41, 5.74) is 1.58. The molecule has 0 spiro atoms. The van der Waals surface area contributed by atoms with Crippen LogP contribution in [-0.2, 0) is 4.74 Å². The van der Waals surface area contributed by atoms with E-state index in [1.165, 1.54) is 14.2 Å². The van der Waals surface area contributed by atoms with Crippen molar-refractivity contribution in [3.63, 3.8) is 0 Å². The molecule has 0 aliphatic rings. The number of carbonyl (C=O) groups is 2. The zero-order valence-corrected chi connectivity index (χ0v) is 16.0. The minimum atomic E-state index is -0.606. The summed E-state index contributed by atoms with van der Waals surface area (Å²) in [6.07, 6.45) is 0. The Morgan fingerprint density at radius 1 is 1.19 bits per heavy atom. The number of anilines is 1. The first-order chi connectivity index (χ1) is 13.0. The van der Waals surface area contributed by atoms with E-state index in [-0.39, 0.29) is 10.8 Å². The Hall–Kier alpha value is -3.20. The molecule has 27 heavy (non-hydrogen) atoms. The second-order valence-corrected chi connectivity index (χ2v) is 6.54. The Kier molecular flexibility index (Phi) is 5.22. The summed E-state index contributed by atoms with van der Waals surface area (Å²) < 4.78 is 15.2. The lowest BCUT2D eigenvalue weighted by Gasteiger charge is -2.06. The average Bonchev–Trinajstić information content (AvgIpc) is 3.23. The number of ether oxygens (including phenoxy) is 2. The minimum Gasteiger partial charge on any atom is -0.496 e. The third-order valence-electron chi connectivity index (χ3n) is 3.84. The second-order valence-electron chi connectivity index (χ2n) is 5.54. The molecular formula is C18H17N3O5S. The molecule has 0 radical (unpaired) electrons. The molecule has 9 heteroatoms. The number of aromatic nitrogens is 2. The first-order valence-corrected chi connectivity index (χ1v) is 8.74. The molecule has 0 saturated carbocycles. The molecule has 1 N–H and O–H groups in total. The number of carbonyl (C=O) groups excluding carboxylic acids is 2. The van der Waals surface area contributed by atoms with Gasteiger partial charge in [-0.15, -0.1) is 0 Å². The van der Waals surface area contributed by atoms with Crippen LogP contribution in [0, 0.1) is 13.8 Å². The van der Waals surface area contributed by atoms with Crippen molar-refractivity contribution in [2.75, 3.05) is 19.5 Å². The number of para-hydroxylation sites is 1. The van der Waals surface area contributed by atoms with Gasteiger partial charge in [-0.25, -0.2) is 9.78 Å². The van der Waals surface area contributed by atoms with E-state index in [4.69, 9.17) is 14.0 Å². The van der Waals surface area contributed by atoms with Gasteiger partial charge in [0.2, 0.25) is 0 Å². The van der Waals surface area contributed by atoms with E-state index in [1.807, 2.05) is 12.1 Å². The molecule has 140 valence electrons. The monoisotopic (exact) mass is 387 g/mol. The number of rotatable bonds is 5. The summed E-state index contributed by atoms with van der Waals surface area (Å²) in [4.78, 5) is 29.5. The standard InChI is InChI=1S/C18H17N3O5S/c1-9-13(10(2)26-21-9)16(22)20-18-19-14(17(23)25-4)15(27-18)11-7-5-6-8-12(11)24-3/h5-8H,1-4H3,(H,19,20,22). The van der Waals surface area contributed by atoms with Crippen molar-refractivity contribution in [2.24, 2.45) is 0 Å². The molecule has 0 fully saturated rings. The maximum absolute atomic E-state index is 12.6. The van der Waals surface area contributed by atoms with Gasteiger partial charge >= 0.3 is 5.97 Å². The van der Waals surface area contributed by atoms with Gasteiger partial charge in [0.1, 0.15) is 17.1 Å². The zero-order chi connectivity index (χ0) is 19.6. The number of aryl methyl sites for hydroxylation is 2. The van der Waals surface area contributed by atoms with Crippen molar-refractivity contribution in [3.8, 4) is 16.2 Å². The van der Waals surface area contributed by atoms with Crippen LogP contribution in [-0.4, -0.2) is 36.2 Å². The van der Waals surface area contributed by atoms with Crippen LogP contribution in [0.5, 0.6) is 5.75 Å². The summed E-state index contributed by atoms with van der Waals surface area (Å²) in [5.74, 6) is -0.0393. The topological polar surface area (TPSA) is 104 Å². The summed E-state index contributed by atoms with van der Waals surface area (Å²) in [5, 5.41) is 6.71. The number of hydrogen-bond acceptors (Lipinski definition) is 8. The van der Waals surface area contributed by atoms with Crippen LogP contribution in [0.3, 0.4) is 0 Å². The van der Waals surface area contributed by atoms with Crippen LogP contribution in [0.25, 0.3) is 10.4 Å². The fourth-order valence-corrected chi connectivity index (χ4v) is 3.57. The van der Waals surface area contributed by atoms with Crippen LogP contribution in [0.2, 0.25) is 0 Å². The smallest absolute Gasteiger partial charge is 0.358 e. The number of methoxy groups -OCH3 is 2. The van der Waals surface area contributed by atoms with Gasteiger partial charge in [0.15, 0.2) is 10.8 Å². The normalized spacial score (nSPS) is 10.5. The van der Waals surface area contributed by atoms with E-state index in [0.29, 0.717) is 33.2 Å². The molecule has 8 nitrogen and oxygen atoms in total. The Labute approximate surface area is 159 Å². The van der Waals surface area contributed by atoms with Crippen molar-refractivity contribution >= 4 is 28.3 Å². The molecule has 0 aliphatic heterocycles. The fraction of sp³-hybridized carbons (Fsp3) is 0.222. The lowest BCUT2D eigenvalue weighted by atomic mass is 10.1. The molecule has 0 atom stereocenters. The SMILES string of the molecule is COC(=O)c1nc(NC(=O)c2c(C)noc2C)sc1-c1ccccc1OC. The van der Waals surface area contributed by atoms with Gasteiger partial charge in [0, 0.05) is 5.56 Å². The summed E-state index contributed by atoms with van der Waals surface area (Å²) in [6, 6.07) is 7.22. The maximum Gasteiger partial charge on any atom is 0.358 e. The molecule has 0 unspecified atom stereocenters. The van der Waals surface area contributed by atoms with Crippen molar-refractivity contribution in [1.82, 2.24) is 10.1 Å². The Morgan fingerprint density at radius 2 is 1.93 bits per heavy atom. The molecule has 0 saturated heterocycles. The molecule has 1 amide bonds. The van der Waals surface area contributed by atoms with Crippen molar-refractivity contribution < 1.29 is 23.6 Å². The highest BCUT2D eigenvalue weighted by Crippen LogP contribution is 2.38. The molecule has 3 rings (SSSR count). The average molecular weight is 387 g/mol. The number of nitrogens with one attached hydrogen (secondary N) is 1.